The number of hydrogen-bond acceptors (Lipinski definition) is 3. The standard InChI is InChI=1S/C14H24N4/c1-12(2)18-10-13(9-16-18)17-8-7-15-14(11-17)5-3-4-6-14/h9-10,12,15H,3-8,11H2,1-2H3. The molecular weight excluding hydrogens is 224 g/mol. The first-order chi connectivity index (χ1) is 8.69. The third-order valence-corrected chi connectivity index (χ3v) is 4.42. The highest BCUT2D eigenvalue weighted by Crippen LogP contribution is 2.33. The molecule has 0 unspecified atom stereocenters. The van der Waals surface area contributed by atoms with Crippen molar-refractivity contribution in [2.45, 2.75) is 51.1 Å². The highest BCUT2D eigenvalue weighted by molar-refractivity contribution is 5.44. The molecule has 2 fully saturated rings. The van der Waals surface area contributed by atoms with E-state index >= 15 is 0 Å². The second-order valence-electron chi connectivity index (χ2n) is 6.11. The van der Waals surface area contributed by atoms with Crippen molar-refractivity contribution >= 4 is 5.69 Å². The van der Waals surface area contributed by atoms with Crippen molar-refractivity contribution in [3.63, 3.8) is 0 Å². The topological polar surface area (TPSA) is 33.1 Å². The lowest BCUT2D eigenvalue weighted by atomic mass is 9.94. The van der Waals surface area contributed by atoms with Crippen molar-refractivity contribution in [2.75, 3.05) is 24.5 Å². The van der Waals surface area contributed by atoms with E-state index in [0.29, 0.717) is 11.6 Å². The average molecular weight is 248 g/mol. The summed E-state index contributed by atoms with van der Waals surface area (Å²) >= 11 is 0. The minimum atomic E-state index is 0.387. The van der Waals surface area contributed by atoms with E-state index in [0.717, 1.165) is 19.6 Å². The summed E-state index contributed by atoms with van der Waals surface area (Å²) in [5.41, 5.74) is 1.68. The number of aromatic nitrogens is 2. The summed E-state index contributed by atoms with van der Waals surface area (Å²) in [5.74, 6) is 0. The maximum Gasteiger partial charge on any atom is 0.0753 e. The molecule has 1 aromatic heterocycles. The Kier molecular flexibility index (Phi) is 3.06. The number of anilines is 1. The number of rotatable bonds is 2. The molecular formula is C14H24N4. The maximum atomic E-state index is 4.46. The third kappa shape index (κ3) is 2.14. The van der Waals surface area contributed by atoms with Crippen LogP contribution in [0.25, 0.3) is 0 Å². The normalized spacial score (nSPS) is 23.2. The van der Waals surface area contributed by atoms with Crippen LogP contribution in [0.5, 0.6) is 0 Å². The molecule has 2 heterocycles. The molecule has 18 heavy (non-hydrogen) atoms. The van der Waals surface area contributed by atoms with Gasteiger partial charge in [0.25, 0.3) is 0 Å². The first kappa shape index (κ1) is 12.0. The van der Waals surface area contributed by atoms with E-state index in [1.807, 2.05) is 6.20 Å². The fraction of sp³-hybridized carbons (Fsp3) is 0.786. The molecule has 1 N–H and O–H groups in total. The molecule has 0 amide bonds. The number of nitrogens with zero attached hydrogens (tertiary/aromatic N) is 3. The molecule has 3 rings (SSSR count). The lowest BCUT2D eigenvalue weighted by molar-refractivity contribution is 0.304. The first-order valence-electron chi connectivity index (χ1n) is 7.23. The zero-order valence-electron chi connectivity index (χ0n) is 11.5. The fourth-order valence-electron chi connectivity index (χ4n) is 3.34. The van der Waals surface area contributed by atoms with Crippen LogP contribution in [0.15, 0.2) is 12.4 Å². The highest BCUT2D eigenvalue weighted by atomic mass is 15.3. The van der Waals surface area contributed by atoms with Crippen LogP contribution in [0.2, 0.25) is 0 Å². The molecule has 1 spiro atoms. The number of hydrogen-bond donors (Lipinski definition) is 1. The molecule has 1 aliphatic heterocycles. The van der Waals surface area contributed by atoms with E-state index in [1.54, 1.807) is 0 Å². The predicted molar refractivity (Wildman–Crippen MR) is 74.0 cm³/mol. The van der Waals surface area contributed by atoms with Crippen LogP contribution in [0.1, 0.15) is 45.6 Å². The summed E-state index contributed by atoms with van der Waals surface area (Å²) < 4.78 is 2.05. The third-order valence-electron chi connectivity index (χ3n) is 4.42. The molecule has 1 aliphatic carbocycles. The Morgan fingerprint density at radius 3 is 2.78 bits per heavy atom. The fourth-order valence-corrected chi connectivity index (χ4v) is 3.34. The summed E-state index contributed by atoms with van der Waals surface area (Å²) in [6, 6.07) is 0.446. The van der Waals surface area contributed by atoms with Crippen molar-refractivity contribution in [1.82, 2.24) is 15.1 Å². The van der Waals surface area contributed by atoms with Gasteiger partial charge < -0.3 is 10.2 Å². The largest absolute Gasteiger partial charge is 0.366 e. The van der Waals surface area contributed by atoms with Gasteiger partial charge in [-0.15, -0.1) is 0 Å². The van der Waals surface area contributed by atoms with Gasteiger partial charge in [0.15, 0.2) is 0 Å². The molecule has 0 atom stereocenters. The minimum absolute atomic E-state index is 0.387. The van der Waals surface area contributed by atoms with Gasteiger partial charge in [0.05, 0.1) is 11.9 Å². The van der Waals surface area contributed by atoms with Gasteiger partial charge >= 0.3 is 0 Å². The number of piperazine rings is 1. The Hall–Kier alpha value is -1.03. The summed E-state index contributed by atoms with van der Waals surface area (Å²) in [5, 5.41) is 8.22. The van der Waals surface area contributed by atoms with Crippen LogP contribution in [0.3, 0.4) is 0 Å². The molecule has 0 bridgehead atoms. The lowest BCUT2D eigenvalue weighted by Gasteiger charge is -2.42. The van der Waals surface area contributed by atoms with Crippen molar-refractivity contribution < 1.29 is 0 Å². The van der Waals surface area contributed by atoms with E-state index < -0.39 is 0 Å². The SMILES string of the molecule is CC(C)n1cc(N2CCNC3(CCCC3)C2)cn1. The lowest BCUT2D eigenvalue weighted by Crippen LogP contribution is -2.59. The van der Waals surface area contributed by atoms with Gasteiger partial charge in [-0.1, -0.05) is 12.8 Å². The second kappa shape index (κ2) is 4.57. The molecule has 0 aromatic carbocycles. The Labute approximate surface area is 109 Å². The van der Waals surface area contributed by atoms with Crippen LogP contribution >= 0.6 is 0 Å². The van der Waals surface area contributed by atoms with Gasteiger partial charge in [0.1, 0.15) is 0 Å². The maximum absolute atomic E-state index is 4.46. The highest BCUT2D eigenvalue weighted by Gasteiger charge is 2.37. The summed E-state index contributed by atoms with van der Waals surface area (Å²) in [4.78, 5) is 2.51. The van der Waals surface area contributed by atoms with E-state index in [-0.39, 0.29) is 0 Å². The van der Waals surface area contributed by atoms with Gasteiger partial charge in [-0.05, 0) is 26.7 Å². The van der Waals surface area contributed by atoms with Crippen LogP contribution in [0.4, 0.5) is 5.69 Å². The zero-order valence-corrected chi connectivity index (χ0v) is 11.5. The molecule has 4 nitrogen and oxygen atoms in total. The molecule has 1 aromatic rings. The monoisotopic (exact) mass is 248 g/mol. The molecule has 100 valence electrons. The van der Waals surface area contributed by atoms with Crippen LogP contribution < -0.4 is 10.2 Å². The van der Waals surface area contributed by atoms with Crippen LogP contribution in [-0.4, -0.2) is 35.0 Å². The van der Waals surface area contributed by atoms with Crippen LogP contribution in [-0.2, 0) is 0 Å². The second-order valence-corrected chi connectivity index (χ2v) is 6.11. The first-order valence-corrected chi connectivity index (χ1v) is 7.23. The predicted octanol–water partition coefficient (Wildman–Crippen LogP) is 2.19. The zero-order chi connectivity index (χ0) is 12.6. The van der Waals surface area contributed by atoms with Gasteiger partial charge in [0, 0.05) is 37.4 Å². The number of nitrogens with one attached hydrogen (secondary N) is 1. The molecule has 1 saturated heterocycles. The van der Waals surface area contributed by atoms with E-state index in [9.17, 15) is 0 Å². The smallest absolute Gasteiger partial charge is 0.0753 e. The molecule has 0 radical (unpaired) electrons. The van der Waals surface area contributed by atoms with Crippen LogP contribution in [0, 0.1) is 0 Å². The van der Waals surface area contributed by atoms with Crippen molar-refractivity contribution in [1.29, 1.82) is 0 Å². The van der Waals surface area contributed by atoms with Crippen molar-refractivity contribution in [2.24, 2.45) is 0 Å². The van der Waals surface area contributed by atoms with Crippen molar-refractivity contribution in [3.8, 4) is 0 Å². The Morgan fingerprint density at radius 1 is 1.33 bits per heavy atom. The Morgan fingerprint density at radius 2 is 2.11 bits per heavy atom. The molecule has 2 aliphatic rings. The summed E-state index contributed by atoms with van der Waals surface area (Å²) in [7, 11) is 0. The van der Waals surface area contributed by atoms with E-state index in [1.165, 1.54) is 31.4 Å². The summed E-state index contributed by atoms with van der Waals surface area (Å²) in [6.07, 6.45) is 9.65. The molecule has 1 saturated carbocycles. The van der Waals surface area contributed by atoms with Gasteiger partial charge in [0.2, 0.25) is 0 Å². The summed E-state index contributed by atoms with van der Waals surface area (Å²) in [6.45, 7) is 7.70. The van der Waals surface area contributed by atoms with Gasteiger partial charge in [-0.3, -0.25) is 4.68 Å². The minimum Gasteiger partial charge on any atom is -0.366 e. The van der Waals surface area contributed by atoms with Gasteiger partial charge in [-0.25, -0.2) is 0 Å². The Balaban J connectivity index is 1.75. The van der Waals surface area contributed by atoms with E-state index in [4.69, 9.17) is 0 Å². The van der Waals surface area contributed by atoms with Crippen molar-refractivity contribution in [3.05, 3.63) is 12.4 Å². The van der Waals surface area contributed by atoms with E-state index in [2.05, 4.69) is 40.0 Å². The Bertz CT molecular complexity index is 404. The quantitative estimate of drug-likeness (QED) is 0.871. The average Bonchev–Trinajstić information content (AvgIpc) is 2.98. The van der Waals surface area contributed by atoms with Gasteiger partial charge in [-0.2, -0.15) is 5.10 Å². The molecule has 4 heteroatoms.